The van der Waals surface area contributed by atoms with Gasteiger partial charge in [-0.15, -0.1) is 0 Å². The minimum atomic E-state index is -4.39. The van der Waals surface area contributed by atoms with E-state index in [1.54, 1.807) is 0 Å². The van der Waals surface area contributed by atoms with E-state index >= 15 is 0 Å². The Kier molecular flexibility index (Phi) is 4.27. The van der Waals surface area contributed by atoms with Crippen LogP contribution in [0.3, 0.4) is 0 Å². The molecule has 2 nitrogen and oxygen atoms in total. The quantitative estimate of drug-likeness (QED) is 0.904. The van der Waals surface area contributed by atoms with E-state index in [-0.39, 0.29) is 0 Å². The number of aryl methyl sites for hydroxylation is 1. The van der Waals surface area contributed by atoms with Crippen molar-refractivity contribution in [3.63, 3.8) is 0 Å². The Morgan fingerprint density at radius 1 is 1.00 bits per heavy atom. The second-order valence-corrected chi connectivity index (χ2v) is 4.45. The van der Waals surface area contributed by atoms with E-state index in [1.165, 1.54) is 17.8 Å². The first-order valence-electron chi connectivity index (χ1n) is 6.34. The van der Waals surface area contributed by atoms with Crippen LogP contribution in [0.15, 0.2) is 42.6 Å². The molecule has 0 fully saturated rings. The molecule has 20 heavy (non-hydrogen) atoms. The second kappa shape index (κ2) is 5.94. The number of halogens is 3. The molecule has 0 unspecified atom stereocenters. The molecule has 2 rings (SSSR count). The molecule has 0 aliphatic heterocycles. The summed E-state index contributed by atoms with van der Waals surface area (Å²) in [5.74, 6) is 0. The van der Waals surface area contributed by atoms with Crippen LogP contribution in [0.5, 0.6) is 0 Å². The van der Waals surface area contributed by atoms with Crippen molar-refractivity contribution in [3.8, 4) is 0 Å². The highest BCUT2D eigenvalue weighted by molar-refractivity contribution is 5.42. The molecule has 1 aromatic carbocycles. The Hall–Kier alpha value is -2.04. The third-order valence-corrected chi connectivity index (χ3v) is 2.98. The summed E-state index contributed by atoms with van der Waals surface area (Å²) < 4.78 is 37.1. The number of benzene rings is 1. The number of pyridine rings is 1. The van der Waals surface area contributed by atoms with Crippen molar-refractivity contribution in [2.75, 3.05) is 5.32 Å². The predicted molar refractivity (Wildman–Crippen MR) is 72.4 cm³/mol. The van der Waals surface area contributed by atoms with Gasteiger partial charge in [0.05, 0.1) is 11.9 Å². The van der Waals surface area contributed by atoms with E-state index in [0.717, 1.165) is 18.1 Å². The van der Waals surface area contributed by atoms with E-state index in [0.29, 0.717) is 12.2 Å². The lowest BCUT2D eigenvalue weighted by Gasteiger charge is -2.09. The summed E-state index contributed by atoms with van der Waals surface area (Å²) in [4.78, 5) is 3.40. The molecule has 2 aromatic rings. The molecule has 0 saturated carbocycles. The number of nitrogens with one attached hydrogen (secondary N) is 1. The van der Waals surface area contributed by atoms with Crippen LogP contribution in [0.2, 0.25) is 0 Å². The number of alkyl halides is 3. The van der Waals surface area contributed by atoms with Gasteiger partial charge in [0.1, 0.15) is 5.69 Å². The summed E-state index contributed by atoms with van der Waals surface area (Å²) in [6.45, 7) is 2.64. The summed E-state index contributed by atoms with van der Waals surface area (Å²) in [5.41, 5.74) is 2.01. The van der Waals surface area contributed by atoms with Crippen LogP contribution in [0.1, 0.15) is 23.7 Å². The number of rotatable bonds is 4. The summed E-state index contributed by atoms with van der Waals surface area (Å²) in [5, 5.41) is 3.05. The minimum Gasteiger partial charge on any atom is -0.380 e. The highest BCUT2D eigenvalue weighted by Crippen LogP contribution is 2.27. The first kappa shape index (κ1) is 14.4. The monoisotopic (exact) mass is 280 g/mol. The maximum Gasteiger partial charge on any atom is 0.433 e. The topological polar surface area (TPSA) is 24.9 Å². The molecular formula is C15H15F3N2. The van der Waals surface area contributed by atoms with E-state index in [2.05, 4.69) is 17.2 Å². The van der Waals surface area contributed by atoms with Gasteiger partial charge in [-0.1, -0.05) is 31.2 Å². The molecular weight excluding hydrogens is 265 g/mol. The predicted octanol–water partition coefficient (Wildman–Crippen LogP) is 4.27. The molecule has 0 saturated heterocycles. The second-order valence-electron chi connectivity index (χ2n) is 4.45. The SMILES string of the molecule is CCc1ccc(CNc2ccc(C(F)(F)F)nc2)cc1. The van der Waals surface area contributed by atoms with E-state index in [1.807, 2.05) is 24.3 Å². The molecule has 0 amide bonds. The molecule has 106 valence electrons. The Morgan fingerprint density at radius 2 is 1.65 bits per heavy atom. The molecule has 1 heterocycles. The van der Waals surface area contributed by atoms with Crippen LogP contribution in [0.4, 0.5) is 18.9 Å². The smallest absolute Gasteiger partial charge is 0.380 e. The van der Waals surface area contributed by atoms with Gasteiger partial charge >= 0.3 is 6.18 Å². The van der Waals surface area contributed by atoms with Gasteiger partial charge in [0.25, 0.3) is 0 Å². The summed E-state index contributed by atoms with van der Waals surface area (Å²) in [6, 6.07) is 10.5. The third kappa shape index (κ3) is 3.73. The van der Waals surface area contributed by atoms with Crippen LogP contribution in [-0.4, -0.2) is 4.98 Å². The Morgan fingerprint density at radius 3 is 2.15 bits per heavy atom. The van der Waals surface area contributed by atoms with Crippen molar-refractivity contribution < 1.29 is 13.2 Å². The molecule has 0 radical (unpaired) electrons. The summed E-state index contributed by atoms with van der Waals surface area (Å²) >= 11 is 0. The number of anilines is 1. The fraction of sp³-hybridized carbons (Fsp3) is 0.267. The molecule has 0 aliphatic rings. The molecule has 0 aliphatic carbocycles. The largest absolute Gasteiger partial charge is 0.433 e. The summed E-state index contributed by atoms with van der Waals surface area (Å²) in [6.07, 6.45) is -2.21. The average Bonchev–Trinajstić information content (AvgIpc) is 2.45. The van der Waals surface area contributed by atoms with Gasteiger partial charge in [-0.3, -0.25) is 0 Å². The van der Waals surface area contributed by atoms with Gasteiger partial charge in [0.15, 0.2) is 0 Å². The van der Waals surface area contributed by atoms with Gasteiger partial charge in [0.2, 0.25) is 0 Å². The molecule has 0 atom stereocenters. The normalized spacial score (nSPS) is 11.4. The van der Waals surface area contributed by atoms with Gasteiger partial charge in [-0.2, -0.15) is 13.2 Å². The van der Waals surface area contributed by atoms with Gasteiger partial charge in [-0.25, -0.2) is 4.98 Å². The summed E-state index contributed by atoms with van der Waals surface area (Å²) in [7, 11) is 0. The van der Waals surface area contributed by atoms with Gasteiger partial charge in [0, 0.05) is 6.54 Å². The Balaban J connectivity index is 1.96. The van der Waals surface area contributed by atoms with Crippen molar-refractivity contribution in [1.29, 1.82) is 0 Å². The molecule has 5 heteroatoms. The maximum absolute atomic E-state index is 12.4. The van der Waals surface area contributed by atoms with Crippen LogP contribution in [-0.2, 0) is 19.1 Å². The highest BCUT2D eigenvalue weighted by atomic mass is 19.4. The van der Waals surface area contributed by atoms with Crippen molar-refractivity contribution in [3.05, 3.63) is 59.4 Å². The van der Waals surface area contributed by atoms with Gasteiger partial charge < -0.3 is 5.32 Å². The lowest BCUT2D eigenvalue weighted by atomic mass is 10.1. The Labute approximate surface area is 115 Å². The van der Waals surface area contributed by atoms with Gasteiger partial charge in [-0.05, 0) is 29.7 Å². The zero-order valence-electron chi connectivity index (χ0n) is 11.0. The number of hydrogen-bond donors (Lipinski definition) is 1. The number of nitrogens with zero attached hydrogens (tertiary/aromatic N) is 1. The van der Waals surface area contributed by atoms with Crippen molar-refractivity contribution in [2.45, 2.75) is 26.1 Å². The van der Waals surface area contributed by atoms with Crippen molar-refractivity contribution in [1.82, 2.24) is 4.98 Å². The Bertz CT molecular complexity index is 545. The lowest BCUT2D eigenvalue weighted by Crippen LogP contribution is -2.08. The minimum absolute atomic E-state index is 0.553. The molecule has 1 N–H and O–H groups in total. The van der Waals surface area contributed by atoms with Crippen molar-refractivity contribution >= 4 is 5.69 Å². The molecule has 0 bridgehead atoms. The third-order valence-electron chi connectivity index (χ3n) is 2.98. The zero-order valence-corrected chi connectivity index (χ0v) is 11.0. The fourth-order valence-electron chi connectivity index (χ4n) is 1.76. The van der Waals surface area contributed by atoms with E-state index < -0.39 is 11.9 Å². The lowest BCUT2D eigenvalue weighted by molar-refractivity contribution is -0.141. The standard InChI is InChI=1S/C15H15F3N2/c1-2-11-3-5-12(6-4-11)9-19-13-7-8-14(20-10-13)15(16,17)18/h3-8,10,19H,2,9H2,1H3. The van der Waals surface area contributed by atoms with Crippen LogP contribution in [0, 0.1) is 0 Å². The van der Waals surface area contributed by atoms with Crippen LogP contribution in [0.25, 0.3) is 0 Å². The fourth-order valence-corrected chi connectivity index (χ4v) is 1.76. The average molecular weight is 280 g/mol. The maximum atomic E-state index is 12.4. The van der Waals surface area contributed by atoms with E-state index in [4.69, 9.17) is 0 Å². The number of aromatic nitrogens is 1. The van der Waals surface area contributed by atoms with Crippen LogP contribution < -0.4 is 5.32 Å². The molecule has 1 aromatic heterocycles. The first-order valence-corrected chi connectivity index (χ1v) is 6.34. The number of hydrogen-bond acceptors (Lipinski definition) is 2. The molecule has 0 spiro atoms. The zero-order chi connectivity index (χ0) is 14.6. The van der Waals surface area contributed by atoms with Crippen molar-refractivity contribution in [2.24, 2.45) is 0 Å². The first-order chi connectivity index (χ1) is 9.49. The van der Waals surface area contributed by atoms with E-state index in [9.17, 15) is 13.2 Å². The van der Waals surface area contributed by atoms with Crippen LogP contribution >= 0.6 is 0 Å². The highest BCUT2D eigenvalue weighted by Gasteiger charge is 2.31.